The summed E-state index contributed by atoms with van der Waals surface area (Å²) < 4.78 is 0. The number of amidine groups is 1. The minimum absolute atomic E-state index is 0.273. The van der Waals surface area contributed by atoms with E-state index >= 15 is 0 Å². The van der Waals surface area contributed by atoms with E-state index in [1.54, 1.807) is 11.8 Å². The second-order valence-electron chi connectivity index (χ2n) is 5.10. The summed E-state index contributed by atoms with van der Waals surface area (Å²) in [6.07, 6.45) is 0. The zero-order valence-electron chi connectivity index (χ0n) is 11.8. The zero-order chi connectivity index (χ0) is 13.9. The molecular formula is C17H18N2S. The van der Waals surface area contributed by atoms with Crippen molar-refractivity contribution >= 4 is 22.6 Å². The summed E-state index contributed by atoms with van der Waals surface area (Å²) in [6.45, 7) is 4.27. The Kier molecular flexibility index (Phi) is 3.79. The van der Waals surface area contributed by atoms with Crippen molar-refractivity contribution in [1.29, 1.82) is 0 Å². The normalized spacial score (nSPS) is 17.9. The van der Waals surface area contributed by atoms with E-state index in [2.05, 4.69) is 61.6 Å². The molecule has 20 heavy (non-hydrogen) atoms. The molecule has 0 aliphatic carbocycles. The first-order chi connectivity index (χ1) is 9.72. The van der Waals surface area contributed by atoms with Gasteiger partial charge in [-0.3, -0.25) is 4.99 Å². The molecular weight excluding hydrogens is 264 g/mol. The minimum atomic E-state index is 0.273. The van der Waals surface area contributed by atoms with Crippen molar-refractivity contribution in [1.82, 2.24) is 0 Å². The Morgan fingerprint density at radius 2 is 1.85 bits per heavy atom. The van der Waals surface area contributed by atoms with E-state index in [0.717, 1.165) is 16.6 Å². The number of aryl methyl sites for hydroxylation is 2. The zero-order valence-corrected chi connectivity index (χ0v) is 12.6. The van der Waals surface area contributed by atoms with E-state index < -0.39 is 0 Å². The maximum atomic E-state index is 4.77. The average molecular weight is 282 g/mol. The highest BCUT2D eigenvalue weighted by molar-refractivity contribution is 8.14. The quantitative estimate of drug-likeness (QED) is 0.873. The molecule has 0 fully saturated rings. The van der Waals surface area contributed by atoms with Crippen molar-refractivity contribution in [2.24, 2.45) is 4.99 Å². The standard InChI is InChI=1S/C17H18N2S/c1-12-8-9-15(10-13(12)2)18-17-19-16(11-20-17)14-6-4-3-5-7-14/h3-10,16H,11H2,1-2H3,(H,18,19). The Balaban J connectivity index is 1.74. The van der Waals surface area contributed by atoms with E-state index in [-0.39, 0.29) is 6.04 Å². The van der Waals surface area contributed by atoms with Crippen molar-refractivity contribution in [3.05, 3.63) is 65.2 Å². The SMILES string of the molecule is Cc1ccc(NC2=NC(c3ccccc3)CS2)cc1C. The van der Waals surface area contributed by atoms with Crippen LogP contribution in [0.4, 0.5) is 5.69 Å². The summed E-state index contributed by atoms with van der Waals surface area (Å²) in [5.74, 6) is 1.01. The smallest absolute Gasteiger partial charge is 0.161 e. The second-order valence-corrected chi connectivity index (χ2v) is 6.10. The number of benzene rings is 2. The van der Waals surface area contributed by atoms with E-state index in [1.807, 2.05) is 6.07 Å². The van der Waals surface area contributed by atoms with Crippen molar-refractivity contribution in [2.75, 3.05) is 11.1 Å². The van der Waals surface area contributed by atoms with Gasteiger partial charge in [0.25, 0.3) is 0 Å². The highest BCUT2D eigenvalue weighted by Crippen LogP contribution is 2.30. The molecule has 1 aliphatic rings. The predicted molar refractivity (Wildman–Crippen MR) is 88.6 cm³/mol. The molecule has 2 aromatic rings. The fraction of sp³-hybridized carbons (Fsp3) is 0.235. The molecule has 2 aromatic carbocycles. The van der Waals surface area contributed by atoms with Gasteiger partial charge >= 0.3 is 0 Å². The number of aliphatic imine (C=N–C) groups is 1. The maximum absolute atomic E-state index is 4.77. The van der Waals surface area contributed by atoms with Gasteiger partial charge in [-0.2, -0.15) is 0 Å². The van der Waals surface area contributed by atoms with Gasteiger partial charge in [-0.1, -0.05) is 48.2 Å². The number of rotatable bonds is 2. The summed E-state index contributed by atoms with van der Waals surface area (Å²) in [7, 11) is 0. The summed E-state index contributed by atoms with van der Waals surface area (Å²) in [6, 6.07) is 17.2. The Morgan fingerprint density at radius 1 is 1.05 bits per heavy atom. The van der Waals surface area contributed by atoms with Crippen molar-refractivity contribution in [3.8, 4) is 0 Å². The molecule has 0 saturated heterocycles. The van der Waals surface area contributed by atoms with E-state index in [4.69, 9.17) is 4.99 Å². The molecule has 2 nitrogen and oxygen atoms in total. The Hall–Kier alpha value is -1.74. The van der Waals surface area contributed by atoms with Gasteiger partial charge in [0.2, 0.25) is 0 Å². The summed E-state index contributed by atoms with van der Waals surface area (Å²) >= 11 is 1.79. The first-order valence-electron chi connectivity index (χ1n) is 6.82. The highest BCUT2D eigenvalue weighted by atomic mass is 32.2. The van der Waals surface area contributed by atoms with Crippen LogP contribution in [0.2, 0.25) is 0 Å². The van der Waals surface area contributed by atoms with Crippen LogP contribution < -0.4 is 5.32 Å². The molecule has 1 aliphatic heterocycles. The lowest BCUT2D eigenvalue weighted by Crippen LogP contribution is -2.05. The fourth-order valence-electron chi connectivity index (χ4n) is 2.23. The third kappa shape index (κ3) is 2.88. The second kappa shape index (κ2) is 5.71. The van der Waals surface area contributed by atoms with Crippen molar-refractivity contribution in [2.45, 2.75) is 19.9 Å². The van der Waals surface area contributed by atoms with Gasteiger partial charge in [-0.05, 0) is 42.7 Å². The largest absolute Gasteiger partial charge is 0.335 e. The molecule has 0 saturated carbocycles. The van der Waals surface area contributed by atoms with Crippen molar-refractivity contribution in [3.63, 3.8) is 0 Å². The number of hydrogen-bond donors (Lipinski definition) is 1. The van der Waals surface area contributed by atoms with Gasteiger partial charge in [0, 0.05) is 11.4 Å². The molecule has 0 radical (unpaired) electrons. The lowest BCUT2D eigenvalue weighted by Gasteiger charge is -2.07. The van der Waals surface area contributed by atoms with Gasteiger partial charge < -0.3 is 5.32 Å². The van der Waals surface area contributed by atoms with Gasteiger partial charge in [0.05, 0.1) is 6.04 Å². The molecule has 0 bridgehead atoms. The third-order valence-electron chi connectivity index (χ3n) is 3.59. The number of thioether (sulfide) groups is 1. The fourth-order valence-corrected chi connectivity index (χ4v) is 3.21. The molecule has 102 valence electrons. The highest BCUT2D eigenvalue weighted by Gasteiger charge is 2.19. The van der Waals surface area contributed by atoms with Crippen LogP contribution in [-0.4, -0.2) is 10.9 Å². The van der Waals surface area contributed by atoms with Gasteiger partial charge in [-0.15, -0.1) is 0 Å². The van der Waals surface area contributed by atoms with Crippen LogP contribution >= 0.6 is 11.8 Å². The molecule has 0 amide bonds. The molecule has 0 aromatic heterocycles. The first kappa shape index (κ1) is 13.3. The lowest BCUT2D eigenvalue weighted by atomic mass is 10.1. The van der Waals surface area contributed by atoms with Gasteiger partial charge in [0.15, 0.2) is 5.17 Å². The average Bonchev–Trinajstić information content (AvgIpc) is 2.92. The summed E-state index contributed by atoms with van der Waals surface area (Å²) in [4.78, 5) is 4.77. The molecule has 0 spiro atoms. The maximum Gasteiger partial charge on any atom is 0.161 e. The molecule has 3 rings (SSSR count). The van der Waals surface area contributed by atoms with Crippen LogP contribution in [-0.2, 0) is 0 Å². The molecule has 1 atom stereocenters. The van der Waals surface area contributed by atoms with Crippen LogP contribution in [0.15, 0.2) is 53.5 Å². The van der Waals surface area contributed by atoms with Crippen LogP contribution in [0.3, 0.4) is 0 Å². The van der Waals surface area contributed by atoms with Crippen LogP contribution in [0.1, 0.15) is 22.7 Å². The van der Waals surface area contributed by atoms with Crippen molar-refractivity contribution < 1.29 is 0 Å². The number of hydrogen-bond acceptors (Lipinski definition) is 3. The van der Waals surface area contributed by atoms with E-state index in [9.17, 15) is 0 Å². The van der Waals surface area contributed by atoms with E-state index in [0.29, 0.717) is 0 Å². The Bertz CT molecular complexity index is 635. The number of anilines is 1. The van der Waals surface area contributed by atoms with E-state index in [1.165, 1.54) is 16.7 Å². The first-order valence-corrected chi connectivity index (χ1v) is 7.81. The minimum Gasteiger partial charge on any atom is -0.335 e. The Labute approximate surface area is 124 Å². The van der Waals surface area contributed by atoms with Crippen LogP contribution in [0.5, 0.6) is 0 Å². The van der Waals surface area contributed by atoms with Crippen LogP contribution in [0.25, 0.3) is 0 Å². The number of nitrogens with one attached hydrogen (secondary N) is 1. The third-order valence-corrected chi connectivity index (χ3v) is 4.56. The summed E-state index contributed by atoms with van der Waals surface area (Å²) in [5, 5.41) is 4.44. The van der Waals surface area contributed by atoms with Crippen LogP contribution in [0, 0.1) is 13.8 Å². The molecule has 1 heterocycles. The lowest BCUT2D eigenvalue weighted by molar-refractivity contribution is 0.849. The van der Waals surface area contributed by atoms with Gasteiger partial charge in [-0.25, -0.2) is 0 Å². The van der Waals surface area contributed by atoms with Gasteiger partial charge in [0.1, 0.15) is 0 Å². The molecule has 1 unspecified atom stereocenters. The summed E-state index contributed by atoms with van der Waals surface area (Å²) in [5.41, 5.74) is 5.03. The number of nitrogens with zero attached hydrogens (tertiary/aromatic N) is 1. The predicted octanol–water partition coefficient (Wildman–Crippen LogP) is 4.56. The Morgan fingerprint density at radius 3 is 2.60 bits per heavy atom. The topological polar surface area (TPSA) is 24.4 Å². The monoisotopic (exact) mass is 282 g/mol. The molecule has 3 heteroatoms. The molecule has 1 N–H and O–H groups in total.